The molecular formula is C29H35N5O. The zero-order chi connectivity index (χ0) is 23.9. The summed E-state index contributed by atoms with van der Waals surface area (Å²) in [6, 6.07) is 8.77. The predicted octanol–water partition coefficient (Wildman–Crippen LogP) is 5.63. The minimum Gasteiger partial charge on any atom is -0.396 e. The molecule has 0 spiro atoms. The maximum absolute atomic E-state index is 9.62. The number of anilines is 2. The van der Waals surface area contributed by atoms with Crippen LogP contribution in [-0.2, 0) is 6.42 Å². The average Bonchev–Trinajstić information content (AvgIpc) is 3.59. The molecule has 1 saturated carbocycles. The van der Waals surface area contributed by atoms with Gasteiger partial charge in [-0.25, -0.2) is 9.98 Å². The van der Waals surface area contributed by atoms with Crippen LogP contribution in [0.1, 0.15) is 51.0 Å². The van der Waals surface area contributed by atoms with Crippen LogP contribution < -0.4 is 10.6 Å². The average molecular weight is 470 g/mol. The van der Waals surface area contributed by atoms with E-state index in [0.29, 0.717) is 11.8 Å². The third-order valence-electron chi connectivity index (χ3n) is 8.61. The summed E-state index contributed by atoms with van der Waals surface area (Å²) in [6.45, 7) is 4.31. The number of nitrogens with one attached hydrogen (secondary N) is 1. The van der Waals surface area contributed by atoms with Crippen molar-refractivity contribution in [2.45, 2.75) is 51.9 Å². The Bertz CT molecular complexity index is 1310. The van der Waals surface area contributed by atoms with Gasteiger partial charge >= 0.3 is 0 Å². The first-order valence-corrected chi connectivity index (χ1v) is 13.2. The third-order valence-corrected chi connectivity index (χ3v) is 8.61. The number of imidazole rings is 1. The molecule has 3 heterocycles. The van der Waals surface area contributed by atoms with E-state index in [4.69, 9.17) is 10.7 Å². The van der Waals surface area contributed by atoms with Crippen LogP contribution in [0.2, 0.25) is 0 Å². The van der Waals surface area contributed by atoms with Gasteiger partial charge in [-0.3, -0.25) is 0 Å². The summed E-state index contributed by atoms with van der Waals surface area (Å²) in [7, 11) is 0. The van der Waals surface area contributed by atoms with Crippen molar-refractivity contribution in [2.75, 3.05) is 30.3 Å². The Morgan fingerprint density at radius 2 is 2.06 bits per heavy atom. The van der Waals surface area contributed by atoms with Gasteiger partial charge < -0.3 is 20.7 Å². The lowest BCUT2D eigenvalue weighted by atomic mass is 9.76. The number of nitrogen functional groups attached to an aromatic ring is 1. The van der Waals surface area contributed by atoms with Gasteiger partial charge in [0.2, 0.25) is 0 Å². The zero-order valence-electron chi connectivity index (χ0n) is 20.6. The highest BCUT2D eigenvalue weighted by Crippen LogP contribution is 2.42. The van der Waals surface area contributed by atoms with Gasteiger partial charge in [0, 0.05) is 37.6 Å². The largest absolute Gasteiger partial charge is 0.396 e. The number of aliphatic hydroxyl groups is 1. The lowest BCUT2D eigenvalue weighted by Gasteiger charge is -2.29. The van der Waals surface area contributed by atoms with Crippen LogP contribution in [0.3, 0.4) is 0 Å². The Morgan fingerprint density at radius 3 is 2.86 bits per heavy atom. The van der Waals surface area contributed by atoms with Crippen LogP contribution in [-0.4, -0.2) is 40.6 Å². The summed E-state index contributed by atoms with van der Waals surface area (Å²) in [6.07, 6.45) is 10.4. The van der Waals surface area contributed by atoms with Gasteiger partial charge in [0.25, 0.3) is 0 Å². The molecule has 0 radical (unpaired) electrons. The van der Waals surface area contributed by atoms with E-state index in [1.165, 1.54) is 43.2 Å². The molecule has 0 bridgehead atoms. The Labute approximate surface area is 207 Å². The quantitative estimate of drug-likeness (QED) is 0.422. The van der Waals surface area contributed by atoms with Crippen LogP contribution in [0.15, 0.2) is 41.2 Å². The number of H-pyrrole nitrogens is 1. The normalized spacial score (nSPS) is 21.4. The molecule has 2 fully saturated rings. The first-order chi connectivity index (χ1) is 17.1. The number of benzene rings is 2. The van der Waals surface area contributed by atoms with Crippen LogP contribution in [0.25, 0.3) is 22.2 Å². The first-order valence-electron chi connectivity index (χ1n) is 13.2. The molecule has 2 atom stereocenters. The maximum atomic E-state index is 9.62. The number of allylic oxidation sites excluding steroid dienone is 1. The smallest absolute Gasteiger partial charge is 0.0983 e. The van der Waals surface area contributed by atoms with E-state index in [1.807, 2.05) is 0 Å². The molecule has 1 aromatic heterocycles. The minimum absolute atomic E-state index is 0.216. The van der Waals surface area contributed by atoms with Gasteiger partial charge in [0.1, 0.15) is 0 Å². The molecule has 1 aliphatic carbocycles. The molecule has 6 rings (SSSR count). The predicted molar refractivity (Wildman–Crippen MR) is 143 cm³/mol. The van der Waals surface area contributed by atoms with E-state index in [-0.39, 0.29) is 6.61 Å². The van der Waals surface area contributed by atoms with E-state index in [0.717, 1.165) is 71.1 Å². The van der Waals surface area contributed by atoms with Crippen molar-refractivity contribution in [1.29, 1.82) is 0 Å². The summed E-state index contributed by atoms with van der Waals surface area (Å²) in [5.41, 5.74) is 15.9. The van der Waals surface area contributed by atoms with E-state index in [9.17, 15) is 5.11 Å². The SMILES string of the molecule is CC(C1=C=Nc2cc(-c3cc(N4CC[C@H](CO)C4)c(N)c4[nH]cnc34)ccc2C1)C1CCCCC1. The maximum Gasteiger partial charge on any atom is 0.0983 e. The fraction of sp³-hybridized carbons (Fsp3) is 0.483. The number of aromatic amines is 1. The van der Waals surface area contributed by atoms with Crippen molar-refractivity contribution >= 4 is 34.0 Å². The van der Waals surface area contributed by atoms with Crippen molar-refractivity contribution < 1.29 is 5.11 Å². The Balaban J connectivity index is 1.35. The van der Waals surface area contributed by atoms with Gasteiger partial charge in [0.05, 0.1) is 34.4 Å². The lowest BCUT2D eigenvalue weighted by Crippen LogP contribution is -2.22. The van der Waals surface area contributed by atoms with Crippen LogP contribution >= 0.6 is 0 Å². The van der Waals surface area contributed by atoms with Gasteiger partial charge in [-0.1, -0.05) is 38.3 Å². The molecule has 3 aromatic rings. The van der Waals surface area contributed by atoms with Gasteiger partial charge in [-0.05, 0) is 65.8 Å². The van der Waals surface area contributed by atoms with Gasteiger partial charge in [0.15, 0.2) is 0 Å². The number of rotatable bonds is 5. The molecular weight excluding hydrogens is 434 g/mol. The summed E-state index contributed by atoms with van der Waals surface area (Å²) in [5.74, 6) is 5.06. The number of nitrogens with two attached hydrogens (primary N) is 1. The topological polar surface area (TPSA) is 90.5 Å². The second-order valence-electron chi connectivity index (χ2n) is 10.7. The summed E-state index contributed by atoms with van der Waals surface area (Å²) < 4.78 is 0. The number of fused-ring (bicyclic) bond motifs is 2. The fourth-order valence-electron chi connectivity index (χ4n) is 6.34. The molecule has 2 aliphatic heterocycles. The molecule has 6 heteroatoms. The third kappa shape index (κ3) is 4.05. The highest BCUT2D eigenvalue weighted by Gasteiger charge is 2.27. The van der Waals surface area contributed by atoms with Gasteiger partial charge in [-0.15, -0.1) is 0 Å². The lowest BCUT2D eigenvalue weighted by molar-refractivity contribution is 0.238. The molecule has 0 amide bonds. The zero-order valence-corrected chi connectivity index (χ0v) is 20.6. The molecule has 35 heavy (non-hydrogen) atoms. The molecule has 4 N–H and O–H groups in total. The van der Waals surface area contributed by atoms with Crippen LogP contribution in [0.5, 0.6) is 0 Å². The highest BCUT2D eigenvalue weighted by atomic mass is 16.3. The molecule has 1 unspecified atom stereocenters. The number of aliphatic imine (C=N–C) groups is 1. The molecule has 3 aliphatic rings. The fourth-order valence-corrected chi connectivity index (χ4v) is 6.34. The van der Waals surface area contributed by atoms with E-state index in [2.05, 4.69) is 51.9 Å². The number of aromatic nitrogens is 2. The molecule has 182 valence electrons. The number of aliphatic hydroxyl groups excluding tert-OH is 1. The Morgan fingerprint density at radius 1 is 1.20 bits per heavy atom. The van der Waals surface area contributed by atoms with Crippen molar-refractivity contribution in [1.82, 2.24) is 9.97 Å². The number of hydrogen-bond donors (Lipinski definition) is 3. The number of nitrogens with zero attached hydrogens (tertiary/aromatic N) is 3. The van der Waals surface area contributed by atoms with E-state index in [1.54, 1.807) is 6.33 Å². The summed E-state index contributed by atoms with van der Waals surface area (Å²) >= 11 is 0. The van der Waals surface area contributed by atoms with Crippen molar-refractivity contribution in [3.63, 3.8) is 0 Å². The Hall–Kier alpha value is -3.08. The number of hydrogen-bond acceptors (Lipinski definition) is 5. The van der Waals surface area contributed by atoms with Crippen molar-refractivity contribution in [2.24, 2.45) is 22.7 Å². The molecule has 1 saturated heterocycles. The van der Waals surface area contributed by atoms with Crippen molar-refractivity contribution in [3.8, 4) is 11.1 Å². The standard InChI is InChI=1S/C29H35N5O/c1-18(20-5-3-2-4-6-20)23-11-22-8-7-21(12-25(22)31-14-23)24-13-26(34-10-9-19(15-34)16-35)27(30)29-28(24)32-17-33-29/h7-8,12-13,17-20,35H,2-6,9-11,15-16,30H2,1H3,(H,32,33)/t18?,19-/m0/s1. The van der Waals surface area contributed by atoms with Crippen LogP contribution in [0.4, 0.5) is 17.1 Å². The second kappa shape index (κ2) is 9.18. The monoisotopic (exact) mass is 469 g/mol. The minimum atomic E-state index is 0.216. The van der Waals surface area contributed by atoms with E-state index < -0.39 is 0 Å². The molecule has 6 nitrogen and oxygen atoms in total. The highest BCUT2D eigenvalue weighted by molar-refractivity contribution is 6.04. The van der Waals surface area contributed by atoms with Crippen LogP contribution in [0, 0.1) is 17.8 Å². The second-order valence-corrected chi connectivity index (χ2v) is 10.7. The van der Waals surface area contributed by atoms with E-state index >= 15 is 0 Å². The van der Waals surface area contributed by atoms with Crippen molar-refractivity contribution in [3.05, 3.63) is 41.7 Å². The summed E-state index contributed by atoms with van der Waals surface area (Å²) in [5, 5.41) is 9.62. The first kappa shape index (κ1) is 22.4. The molecule has 2 aromatic carbocycles. The summed E-state index contributed by atoms with van der Waals surface area (Å²) in [4.78, 5) is 15.0. The van der Waals surface area contributed by atoms with Gasteiger partial charge in [-0.2, -0.15) is 0 Å². The Kier molecular flexibility index (Phi) is 5.87.